The van der Waals surface area contributed by atoms with Crippen LogP contribution in [0.2, 0.25) is 0 Å². The van der Waals surface area contributed by atoms with Gasteiger partial charge in [-0.2, -0.15) is 8.42 Å². The van der Waals surface area contributed by atoms with Gasteiger partial charge in [0.1, 0.15) is 16.5 Å². The van der Waals surface area contributed by atoms with Crippen LogP contribution in [0.15, 0.2) is 78.9 Å². The largest absolute Gasteiger partial charge is 0.457 e. The molecule has 0 aromatic heterocycles. The predicted molar refractivity (Wildman–Crippen MR) is 120 cm³/mol. The number of rotatable bonds is 9. The number of hydrogen-bond donors (Lipinski definition) is 1. The van der Waals surface area contributed by atoms with E-state index in [2.05, 4.69) is 27.4 Å². The smallest absolute Gasteiger partial charge is 0.271 e. The third kappa shape index (κ3) is 6.67. The SMILES string of the molecule is O=S(=O)(O)C(P)CCCc1cccc(Oc2ccccc2Cc2ccccc2)c1. The zero-order valence-corrected chi connectivity index (χ0v) is 18.0. The third-order valence-corrected chi connectivity index (χ3v) is 7.04. The Morgan fingerprint density at radius 2 is 1.59 bits per heavy atom. The van der Waals surface area contributed by atoms with Gasteiger partial charge in [0.2, 0.25) is 0 Å². The summed E-state index contributed by atoms with van der Waals surface area (Å²) < 4.78 is 37.4. The summed E-state index contributed by atoms with van der Waals surface area (Å²) in [6, 6.07) is 26.1. The van der Waals surface area contributed by atoms with Gasteiger partial charge in [-0.25, -0.2) is 0 Å². The molecule has 0 spiro atoms. The first-order chi connectivity index (χ1) is 13.9. The normalized spacial score (nSPS) is 12.5. The molecule has 0 aliphatic carbocycles. The van der Waals surface area contributed by atoms with Crippen molar-refractivity contribution in [3.05, 3.63) is 95.6 Å². The van der Waals surface area contributed by atoms with Gasteiger partial charge in [0.05, 0.1) is 0 Å². The first-order valence-electron chi connectivity index (χ1n) is 9.52. The second-order valence-corrected chi connectivity index (χ2v) is 9.89. The van der Waals surface area contributed by atoms with Gasteiger partial charge in [-0.15, -0.1) is 9.24 Å². The molecule has 152 valence electrons. The molecular weight excluding hydrogens is 403 g/mol. The van der Waals surface area contributed by atoms with Crippen LogP contribution in [0.1, 0.15) is 29.5 Å². The van der Waals surface area contributed by atoms with Crippen molar-refractivity contribution in [3.63, 3.8) is 0 Å². The van der Waals surface area contributed by atoms with Gasteiger partial charge >= 0.3 is 0 Å². The second kappa shape index (κ2) is 10.0. The van der Waals surface area contributed by atoms with Crippen LogP contribution in [-0.2, 0) is 23.0 Å². The quantitative estimate of drug-likeness (QED) is 0.362. The van der Waals surface area contributed by atoms with Gasteiger partial charge in [-0.05, 0) is 54.2 Å². The number of benzene rings is 3. The van der Waals surface area contributed by atoms with Gasteiger partial charge in [0, 0.05) is 6.42 Å². The summed E-state index contributed by atoms with van der Waals surface area (Å²) in [6.45, 7) is 0. The summed E-state index contributed by atoms with van der Waals surface area (Å²) in [6.07, 6.45) is 2.54. The van der Waals surface area contributed by atoms with Crippen molar-refractivity contribution in [2.45, 2.75) is 30.7 Å². The minimum Gasteiger partial charge on any atom is -0.457 e. The highest BCUT2D eigenvalue weighted by atomic mass is 32.2. The standard InChI is InChI=1S/C23H25O4PS/c24-29(25,26)23(28)15-7-11-19-10-6-13-21(17-19)27-22-14-5-4-12-20(22)16-18-8-2-1-3-9-18/h1-6,8-10,12-14,17,23H,7,11,15-16,28H2,(H,24,25,26). The lowest BCUT2D eigenvalue weighted by Gasteiger charge is -2.13. The predicted octanol–water partition coefficient (Wildman–Crippen LogP) is 5.48. The average molecular weight is 428 g/mol. The second-order valence-electron chi connectivity index (χ2n) is 6.97. The Morgan fingerprint density at radius 1 is 0.897 bits per heavy atom. The van der Waals surface area contributed by atoms with Crippen molar-refractivity contribution in [3.8, 4) is 11.5 Å². The molecule has 0 bridgehead atoms. The number of hydrogen-bond acceptors (Lipinski definition) is 3. The van der Waals surface area contributed by atoms with E-state index in [4.69, 9.17) is 9.29 Å². The zero-order valence-electron chi connectivity index (χ0n) is 16.1. The molecule has 1 N–H and O–H groups in total. The molecular formula is C23H25O4PS. The molecule has 29 heavy (non-hydrogen) atoms. The number of ether oxygens (including phenoxy) is 1. The van der Waals surface area contributed by atoms with Gasteiger partial charge in [0.15, 0.2) is 0 Å². The van der Waals surface area contributed by atoms with E-state index >= 15 is 0 Å². The molecule has 0 amide bonds. The molecule has 0 saturated heterocycles. The van der Waals surface area contributed by atoms with Crippen molar-refractivity contribution in [2.24, 2.45) is 0 Å². The van der Waals surface area contributed by atoms with E-state index in [0.717, 1.165) is 29.0 Å². The Labute approximate surface area is 174 Å². The Morgan fingerprint density at radius 3 is 2.34 bits per heavy atom. The van der Waals surface area contributed by atoms with Crippen LogP contribution in [0.5, 0.6) is 11.5 Å². The van der Waals surface area contributed by atoms with Crippen LogP contribution in [0, 0.1) is 0 Å². The van der Waals surface area contributed by atoms with Crippen molar-refractivity contribution >= 4 is 19.4 Å². The van der Waals surface area contributed by atoms with E-state index in [-0.39, 0.29) is 0 Å². The van der Waals surface area contributed by atoms with Gasteiger partial charge in [0.25, 0.3) is 10.1 Å². The number of aryl methyl sites for hydroxylation is 1. The lowest BCUT2D eigenvalue weighted by Crippen LogP contribution is -2.13. The summed E-state index contributed by atoms with van der Waals surface area (Å²) in [5, 5.41) is 0. The van der Waals surface area contributed by atoms with E-state index < -0.39 is 15.1 Å². The summed E-state index contributed by atoms with van der Waals surface area (Å²) >= 11 is 0. The molecule has 4 nitrogen and oxygen atoms in total. The molecule has 2 atom stereocenters. The van der Waals surface area contributed by atoms with E-state index in [1.807, 2.05) is 60.7 Å². The summed E-state index contributed by atoms with van der Waals surface area (Å²) in [4.78, 5) is -0.827. The molecule has 3 rings (SSSR count). The van der Waals surface area contributed by atoms with E-state index in [1.165, 1.54) is 5.56 Å². The fourth-order valence-corrected chi connectivity index (χ4v) is 3.81. The number of para-hydroxylation sites is 1. The summed E-state index contributed by atoms with van der Waals surface area (Å²) in [5.74, 6) is 1.57. The molecule has 3 aromatic rings. The average Bonchev–Trinajstić information content (AvgIpc) is 2.70. The highest BCUT2D eigenvalue weighted by Crippen LogP contribution is 2.28. The van der Waals surface area contributed by atoms with Crippen LogP contribution in [0.25, 0.3) is 0 Å². The minimum atomic E-state index is -4.00. The summed E-state index contributed by atoms with van der Waals surface area (Å²) in [5.41, 5.74) is 3.40. The van der Waals surface area contributed by atoms with Crippen LogP contribution in [0.3, 0.4) is 0 Å². The lowest BCUT2D eigenvalue weighted by molar-refractivity contribution is 0.474. The van der Waals surface area contributed by atoms with Crippen LogP contribution in [-0.4, -0.2) is 18.0 Å². The molecule has 3 aromatic carbocycles. The molecule has 0 aliphatic heterocycles. The highest BCUT2D eigenvalue weighted by Gasteiger charge is 2.16. The van der Waals surface area contributed by atoms with E-state index in [0.29, 0.717) is 19.3 Å². The zero-order chi connectivity index (χ0) is 20.7. The topological polar surface area (TPSA) is 63.6 Å². The Hall–Kier alpha value is -2.20. The highest BCUT2D eigenvalue weighted by molar-refractivity contribution is 7.90. The molecule has 0 heterocycles. The molecule has 0 radical (unpaired) electrons. The van der Waals surface area contributed by atoms with Crippen molar-refractivity contribution in [1.29, 1.82) is 0 Å². The van der Waals surface area contributed by atoms with Crippen molar-refractivity contribution < 1.29 is 17.7 Å². The van der Waals surface area contributed by atoms with Crippen molar-refractivity contribution in [1.82, 2.24) is 0 Å². The molecule has 6 heteroatoms. The summed E-state index contributed by atoms with van der Waals surface area (Å²) in [7, 11) is -1.82. The molecule has 0 saturated carbocycles. The van der Waals surface area contributed by atoms with E-state index in [9.17, 15) is 8.42 Å². The Balaban J connectivity index is 1.66. The maximum Gasteiger partial charge on any atom is 0.271 e. The Bertz CT molecular complexity index is 1040. The fraction of sp³-hybridized carbons (Fsp3) is 0.217. The van der Waals surface area contributed by atoms with Gasteiger partial charge < -0.3 is 4.74 Å². The lowest BCUT2D eigenvalue weighted by atomic mass is 10.0. The first kappa shape index (κ1) is 21.5. The van der Waals surface area contributed by atoms with Gasteiger partial charge in [-0.1, -0.05) is 60.7 Å². The maximum atomic E-state index is 11.1. The Kier molecular flexibility index (Phi) is 7.43. The molecule has 2 unspecified atom stereocenters. The van der Waals surface area contributed by atoms with Crippen LogP contribution in [0.4, 0.5) is 0 Å². The van der Waals surface area contributed by atoms with Crippen LogP contribution >= 0.6 is 9.24 Å². The fourth-order valence-electron chi connectivity index (χ4n) is 3.11. The van der Waals surface area contributed by atoms with Crippen molar-refractivity contribution in [2.75, 3.05) is 0 Å². The van der Waals surface area contributed by atoms with Crippen LogP contribution < -0.4 is 4.74 Å². The molecule has 0 fully saturated rings. The molecule has 0 aliphatic rings. The van der Waals surface area contributed by atoms with Gasteiger partial charge in [-0.3, -0.25) is 4.55 Å². The maximum absolute atomic E-state index is 11.1. The first-order valence-corrected chi connectivity index (χ1v) is 11.7. The minimum absolute atomic E-state index is 0.383. The third-order valence-electron chi connectivity index (χ3n) is 4.67. The van der Waals surface area contributed by atoms with E-state index in [1.54, 1.807) is 0 Å². The monoisotopic (exact) mass is 428 g/mol.